The first kappa shape index (κ1) is 8.54. The largest absolute Gasteiger partial charge is 1.00 e. The molecular formula is C6H11NaO. The maximum atomic E-state index is 5.12. The van der Waals surface area contributed by atoms with Crippen molar-refractivity contribution in [3.05, 3.63) is 12.3 Å². The predicted molar refractivity (Wildman–Crippen MR) is 30.0 cm³/mol. The standard InChI is InChI=1S/C6H10O.Na.H/c1-2-6-4-3-5-7-6;;/h3,5-6H,2,4H2,1H3;;/q;+1;-1. The van der Waals surface area contributed by atoms with Crippen LogP contribution in [0.4, 0.5) is 0 Å². The molecule has 0 amide bonds. The topological polar surface area (TPSA) is 9.23 Å². The Hall–Kier alpha value is 0.540. The second kappa shape index (κ2) is 4.42. The van der Waals surface area contributed by atoms with Crippen LogP contribution in [0.25, 0.3) is 0 Å². The number of ether oxygens (including phenoxy) is 1. The molecule has 0 spiro atoms. The second-order valence-corrected chi connectivity index (χ2v) is 1.77. The van der Waals surface area contributed by atoms with Crippen LogP contribution in [-0.2, 0) is 4.74 Å². The van der Waals surface area contributed by atoms with Gasteiger partial charge in [-0.1, -0.05) is 6.92 Å². The van der Waals surface area contributed by atoms with E-state index in [1.54, 1.807) is 6.26 Å². The summed E-state index contributed by atoms with van der Waals surface area (Å²) in [7, 11) is 0. The predicted octanol–water partition coefficient (Wildman–Crippen LogP) is -1.18. The van der Waals surface area contributed by atoms with Crippen molar-refractivity contribution >= 4 is 0 Å². The summed E-state index contributed by atoms with van der Waals surface area (Å²) in [5.41, 5.74) is 0. The summed E-state index contributed by atoms with van der Waals surface area (Å²) in [5.74, 6) is 0. The Balaban J connectivity index is 0. The SMILES string of the molecule is CCC1CC=CO1.[H-].[Na+]. The molecule has 2 heteroatoms. The average molecular weight is 122 g/mol. The zero-order chi connectivity index (χ0) is 5.11. The van der Waals surface area contributed by atoms with Gasteiger partial charge >= 0.3 is 29.6 Å². The molecule has 1 atom stereocenters. The van der Waals surface area contributed by atoms with Gasteiger partial charge in [0.1, 0.15) is 6.10 Å². The molecular weight excluding hydrogens is 111 g/mol. The van der Waals surface area contributed by atoms with Crippen LogP contribution in [-0.4, -0.2) is 6.10 Å². The van der Waals surface area contributed by atoms with E-state index in [0.29, 0.717) is 6.10 Å². The molecule has 1 nitrogen and oxygen atoms in total. The Morgan fingerprint density at radius 2 is 2.62 bits per heavy atom. The molecule has 1 aliphatic rings. The van der Waals surface area contributed by atoms with Gasteiger partial charge in [-0.15, -0.1) is 0 Å². The smallest absolute Gasteiger partial charge is 1.00 e. The van der Waals surface area contributed by atoms with Crippen LogP contribution in [0.5, 0.6) is 0 Å². The fourth-order valence-corrected chi connectivity index (χ4v) is 0.692. The first-order valence-electron chi connectivity index (χ1n) is 2.74. The van der Waals surface area contributed by atoms with E-state index in [0.717, 1.165) is 12.8 Å². The van der Waals surface area contributed by atoms with Crippen LogP contribution in [0.2, 0.25) is 0 Å². The minimum atomic E-state index is 0. The number of hydrogen-bond donors (Lipinski definition) is 0. The summed E-state index contributed by atoms with van der Waals surface area (Å²) in [6, 6.07) is 0. The van der Waals surface area contributed by atoms with Gasteiger partial charge in [-0.25, -0.2) is 0 Å². The molecule has 1 heterocycles. The molecule has 0 aromatic carbocycles. The molecule has 0 N–H and O–H groups in total. The summed E-state index contributed by atoms with van der Waals surface area (Å²) in [6.45, 7) is 2.14. The molecule has 0 radical (unpaired) electrons. The van der Waals surface area contributed by atoms with Crippen LogP contribution < -0.4 is 29.6 Å². The van der Waals surface area contributed by atoms with Crippen LogP contribution in [0.3, 0.4) is 0 Å². The molecule has 1 unspecified atom stereocenters. The van der Waals surface area contributed by atoms with Gasteiger partial charge in [-0.3, -0.25) is 0 Å². The molecule has 0 aromatic heterocycles. The maximum absolute atomic E-state index is 5.12. The van der Waals surface area contributed by atoms with Crippen molar-refractivity contribution < 1.29 is 35.7 Å². The Morgan fingerprint density at radius 3 is 2.88 bits per heavy atom. The summed E-state index contributed by atoms with van der Waals surface area (Å²) >= 11 is 0. The third-order valence-electron chi connectivity index (χ3n) is 1.22. The van der Waals surface area contributed by atoms with E-state index in [1.807, 2.05) is 0 Å². The van der Waals surface area contributed by atoms with Gasteiger partial charge in [0.2, 0.25) is 0 Å². The van der Waals surface area contributed by atoms with E-state index in [2.05, 4.69) is 13.0 Å². The van der Waals surface area contributed by atoms with E-state index in [4.69, 9.17) is 4.74 Å². The summed E-state index contributed by atoms with van der Waals surface area (Å²) in [4.78, 5) is 0. The van der Waals surface area contributed by atoms with E-state index in [1.165, 1.54) is 0 Å². The molecule has 0 aliphatic carbocycles. The van der Waals surface area contributed by atoms with Gasteiger partial charge in [-0.2, -0.15) is 0 Å². The molecule has 0 aromatic rings. The van der Waals surface area contributed by atoms with Gasteiger partial charge in [0, 0.05) is 6.42 Å². The molecule has 8 heavy (non-hydrogen) atoms. The van der Waals surface area contributed by atoms with Crippen molar-refractivity contribution in [2.45, 2.75) is 25.9 Å². The fourth-order valence-electron chi connectivity index (χ4n) is 0.692. The van der Waals surface area contributed by atoms with Crippen molar-refractivity contribution in [1.82, 2.24) is 0 Å². The third-order valence-corrected chi connectivity index (χ3v) is 1.22. The van der Waals surface area contributed by atoms with Gasteiger partial charge in [0.25, 0.3) is 0 Å². The molecule has 1 aliphatic heterocycles. The number of hydrogen-bond acceptors (Lipinski definition) is 1. The van der Waals surface area contributed by atoms with Crippen molar-refractivity contribution in [3.63, 3.8) is 0 Å². The number of rotatable bonds is 1. The fraction of sp³-hybridized carbons (Fsp3) is 0.667. The Morgan fingerprint density at radius 1 is 1.88 bits per heavy atom. The van der Waals surface area contributed by atoms with Crippen LogP contribution >= 0.6 is 0 Å². The molecule has 42 valence electrons. The maximum Gasteiger partial charge on any atom is 1.00 e. The van der Waals surface area contributed by atoms with Crippen LogP contribution in [0, 0.1) is 0 Å². The van der Waals surface area contributed by atoms with Gasteiger partial charge < -0.3 is 6.16 Å². The zero-order valence-electron chi connectivity index (χ0n) is 6.55. The van der Waals surface area contributed by atoms with E-state index >= 15 is 0 Å². The van der Waals surface area contributed by atoms with Gasteiger partial charge in [0.15, 0.2) is 0 Å². The van der Waals surface area contributed by atoms with Crippen LogP contribution in [0.1, 0.15) is 21.2 Å². The molecule has 0 bridgehead atoms. The molecule has 0 saturated heterocycles. The van der Waals surface area contributed by atoms with E-state index in [9.17, 15) is 0 Å². The van der Waals surface area contributed by atoms with Crippen molar-refractivity contribution in [2.24, 2.45) is 0 Å². The average Bonchev–Trinajstić information content (AvgIpc) is 2.14. The Bertz CT molecular complexity index is 77.1. The second-order valence-electron chi connectivity index (χ2n) is 1.77. The molecule has 1 rings (SSSR count). The summed E-state index contributed by atoms with van der Waals surface area (Å²) in [5, 5.41) is 0. The minimum absolute atomic E-state index is 0. The zero-order valence-corrected chi connectivity index (χ0v) is 7.55. The summed E-state index contributed by atoms with van der Waals surface area (Å²) in [6.07, 6.45) is 6.58. The van der Waals surface area contributed by atoms with Crippen LogP contribution in [0.15, 0.2) is 12.3 Å². The Labute approximate surface area is 73.9 Å². The normalized spacial score (nSPS) is 24.4. The first-order valence-corrected chi connectivity index (χ1v) is 2.74. The quantitative estimate of drug-likeness (QED) is 0.398. The first-order chi connectivity index (χ1) is 3.43. The van der Waals surface area contributed by atoms with Gasteiger partial charge in [0.05, 0.1) is 6.26 Å². The minimum Gasteiger partial charge on any atom is -1.00 e. The third kappa shape index (κ3) is 2.21. The van der Waals surface area contributed by atoms with E-state index < -0.39 is 0 Å². The van der Waals surface area contributed by atoms with Gasteiger partial charge in [-0.05, 0) is 12.5 Å². The van der Waals surface area contributed by atoms with E-state index in [-0.39, 0.29) is 31.0 Å². The van der Waals surface area contributed by atoms with Crippen molar-refractivity contribution in [2.75, 3.05) is 0 Å². The molecule has 0 saturated carbocycles. The summed E-state index contributed by atoms with van der Waals surface area (Å²) < 4.78 is 5.12. The van der Waals surface area contributed by atoms with Crippen molar-refractivity contribution in [1.29, 1.82) is 0 Å². The Kier molecular flexibility index (Phi) is 4.72. The monoisotopic (exact) mass is 122 g/mol. The van der Waals surface area contributed by atoms with Crippen molar-refractivity contribution in [3.8, 4) is 0 Å². The molecule has 0 fully saturated rings.